The van der Waals surface area contributed by atoms with Gasteiger partial charge in [0.15, 0.2) is 6.61 Å². The number of carbonyl (C=O) groups is 2. The summed E-state index contributed by atoms with van der Waals surface area (Å²) >= 11 is 0. The van der Waals surface area contributed by atoms with Crippen molar-refractivity contribution in [1.29, 1.82) is 0 Å². The molecule has 6 heteroatoms. The zero-order valence-electron chi connectivity index (χ0n) is 15.3. The number of aromatic nitrogens is 1. The van der Waals surface area contributed by atoms with Crippen molar-refractivity contribution in [3.05, 3.63) is 48.3 Å². The van der Waals surface area contributed by atoms with Crippen molar-refractivity contribution in [1.82, 2.24) is 9.47 Å². The average molecular weight is 355 g/mol. The van der Waals surface area contributed by atoms with E-state index in [2.05, 4.69) is 29.1 Å². The topological polar surface area (TPSA) is 63.6 Å². The standard InChI is InChI=1S/C20H25N3O3/c1-3-17-18-9-6-10-22(18)11-12-23(17)20(25)14-26-16-8-5-7-15(13-16)21-19(24)4-2/h5-10,13,17H,3-4,11-12,14H2,1-2H3,(H,21,24). The Labute approximate surface area is 153 Å². The summed E-state index contributed by atoms with van der Waals surface area (Å²) < 4.78 is 7.90. The lowest BCUT2D eigenvalue weighted by molar-refractivity contribution is -0.137. The van der Waals surface area contributed by atoms with Gasteiger partial charge in [0.2, 0.25) is 5.91 Å². The van der Waals surface area contributed by atoms with Gasteiger partial charge in [-0.3, -0.25) is 9.59 Å². The summed E-state index contributed by atoms with van der Waals surface area (Å²) in [4.78, 5) is 26.1. The van der Waals surface area contributed by atoms with Gasteiger partial charge in [0.05, 0.1) is 6.04 Å². The maximum absolute atomic E-state index is 12.7. The highest BCUT2D eigenvalue weighted by molar-refractivity contribution is 5.90. The Balaban J connectivity index is 1.62. The zero-order chi connectivity index (χ0) is 18.5. The number of hydrogen-bond donors (Lipinski definition) is 1. The van der Waals surface area contributed by atoms with Crippen LogP contribution in [0.1, 0.15) is 38.4 Å². The van der Waals surface area contributed by atoms with Crippen LogP contribution in [0.15, 0.2) is 42.6 Å². The molecule has 1 N–H and O–H groups in total. The molecule has 2 heterocycles. The fraction of sp³-hybridized carbons (Fsp3) is 0.400. The molecule has 1 aromatic carbocycles. The van der Waals surface area contributed by atoms with Crippen LogP contribution >= 0.6 is 0 Å². The highest BCUT2D eigenvalue weighted by Crippen LogP contribution is 2.28. The molecule has 3 rings (SSSR count). The van der Waals surface area contributed by atoms with E-state index < -0.39 is 0 Å². The number of fused-ring (bicyclic) bond motifs is 1. The summed E-state index contributed by atoms with van der Waals surface area (Å²) in [6.07, 6.45) is 3.35. The van der Waals surface area contributed by atoms with Crippen LogP contribution < -0.4 is 10.1 Å². The number of hydrogen-bond acceptors (Lipinski definition) is 3. The van der Waals surface area contributed by atoms with Crippen LogP contribution in [-0.2, 0) is 16.1 Å². The molecule has 1 atom stereocenters. The van der Waals surface area contributed by atoms with Crippen molar-refractivity contribution in [2.24, 2.45) is 0 Å². The Morgan fingerprint density at radius 1 is 1.19 bits per heavy atom. The van der Waals surface area contributed by atoms with E-state index in [9.17, 15) is 9.59 Å². The fourth-order valence-corrected chi connectivity index (χ4v) is 3.33. The molecule has 2 amide bonds. The van der Waals surface area contributed by atoms with Gasteiger partial charge in [0.25, 0.3) is 5.91 Å². The first-order valence-corrected chi connectivity index (χ1v) is 9.09. The van der Waals surface area contributed by atoms with E-state index in [4.69, 9.17) is 4.74 Å². The van der Waals surface area contributed by atoms with Crippen molar-refractivity contribution in [2.45, 2.75) is 39.3 Å². The summed E-state index contributed by atoms with van der Waals surface area (Å²) in [5.74, 6) is 0.494. The Hall–Kier alpha value is -2.76. The molecule has 1 unspecified atom stereocenters. The van der Waals surface area contributed by atoms with Crippen LogP contribution in [0.25, 0.3) is 0 Å². The molecule has 0 saturated carbocycles. The molecular formula is C20H25N3O3. The normalized spacial score (nSPS) is 16.1. The number of ether oxygens (including phenoxy) is 1. The first-order valence-electron chi connectivity index (χ1n) is 9.09. The Kier molecular flexibility index (Phi) is 5.61. The van der Waals surface area contributed by atoms with Gasteiger partial charge in [0.1, 0.15) is 5.75 Å². The molecule has 1 aliphatic heterocycles. The van der Waals surface area contributed by atoms with E-state index in [0.717, 1.165) is 13.0 Å². The smallest absolute Gasteiger partial charge is 0.261 e. The quantitative estimate of drug-likeness (QED) is 0.865. The van der Waals surface area contributed by atoms with Gasteiger partial charge in [-0.05, 0) is 30.7 Å². The highest BCUT2D eigenvalue weighted by atomic mass is 16.5. The van der Waals surface area contributed by atoms with Gasteiger partial charge >= 0.3 is 0 Å². The number of anilines is 1. The lowest BCUT2D eigenvalue weighted by atomic mass is 10.1. The molecule has 138 valence electrons. The van der Waals surface area contributed by atoms with Crippen LogP contribution in [0.3, 0.4) is 0 Å². The van der Waals surface area contributed by atoms with Crippen LogP contribution in [0.2, 0.25) is 0 Å². The van der Waals surface area contributed by atoms with Gasteiger partial charge in [-0.25, -0.2) is 0 Å². The summed E-state index contributed by atoms with van der Waals surface area (Å²) in [5, 5.41) is 2.79. The second-order valence-corrected chi connectivity index (χ2v) is 6.36. The molecule has 0 spiro atoms. The lowest BCUT2D eigenvalue weighted by Crippen LogP contribution is -2.43. The Morgan fingerprint density at radius 2 is 2.04 bits per heavy atom. The molecule has 0 saturated heterocycles. The van der Waals surface area contributed by atoms with E-state index in [1.54, 1.807) is 31.2 Å². The molecule has 1 aromatic heterocycles. The van der Waals surface area contributed by atoms with Gasteiger partial charge < -0.3 is 19.5 Å². The number of nitrogens with zero attached hydrogens (tertiary/aromatic N) is 2. The molecule has 1 aliphatic rings. The van der Waals surface area contributed by atoms with E-state index in [0.29, 0.717) is 24.4 Å². The number of rotatable bonds is 6. The van der Waals surface area contributed by atoms with Gasteiger partial charge in [-0.1, -0.05) is 19.9 Å². The second-order valence-electron chi connectivity index (χ2n) is 6.36. The van der Waals surface area contributed by atoms with Crippen molar-refractivity contribution in [3.8, 4) is 5.75 Å². The first-order chi connectivity index (χ1) is 12.6. The Morgan fingerprint density at radius 3 is 2.81 bits per heavy atom. The lowest BCUT2D eigenvalue weighted by Gasteiger charge is -2.36. The van der Waals surface area contributed by atoms with Crippen molar-refractivity contribution < 1.29 is 14.3 Å². The predicted octanol–water partition coefficient (Wildman–Crippen LogP) is 3.21. The number of nitrogens with one attached hydrogen (secondary N) is 1. The minimum atomic E-state index is -0.0552. The molecule has 0 bridgehead atoms. The third-order valence-electron chi connectivity index (χ3n) is 4.67. The van der Waals surface area contributed by atoms with Gasteiger partial charge in [-0.15, -0.1) is 0 Å². The molecule has 0 aliphatic carbocycles. The number of amides is 2. The van der Waals surface area contributed by atoms with Crippen LogP contribution in [-0.4, -0.2) is 34.4 Å². The van der Waals surface area contributed by atoms with Gasteiger partial charge in [-0.2, -0.15) is 0 Å². The minimum absolute atomic E-state index is 0.0115. The Bertz CT molecular complexity index is 784. The molecule has 0 fully saturated rings. The molecule has 6 nitrogen and oxygen atoms in total. The van der Waals surface area contributed by atoms with Crippen LogP contribution in [0.5, 0.6) is 5.75 Å². The SMILES string of the molecule is CCC(=O)Nc1cccc(OCC(=O)N2CCn3cccc3C2CC)c1. The molecule has 26 heavy (non-hydrogen) atoms. The third kappa shape index (κ3) is 3.90. The van der Waals surface area contributed by atoms with Crippen LogP contribution in [0.4, 0.5) is 5.69 Å². The fourth-order valence-electron chi connectivity index (χ4n) is 3.33. The molecule has 0 radical (unpaired) electrons. The zero-order valence-corrected chi connectivity index (χ0v) is 15.3. The monoisotopic (exact) mass is 355 g/mol. The molecular weight excluding hydrogens is 330 g/mol. The van der Waals surface area contributed by atoms with E-state index >= 15 is 0 Å². The molecule has 2 aromatic rings. The maximum atomic E-state index is 12.7. The van der Waals surface area contributed by atoms with Crippen molar-refractivity contribution in [2.75, 3.05) is 18.5 Å². The minimum Gasteiger partial charge on any atom is -0.484 e. The highest BCUT2D eigenvalue weighted by Gasteiger charge is 2.29. The van der Waals surface area contributed by atoms with Gasteiger partial charge in [0, 0.05) is 43.2 Å². The summed E-state index contributed by atoms with van der Waals surface area (Å²) in [6, 6.07) is 11.3. The largest absolute Gasteiger partial charge is 0.484 e. The first kappa shape index (κ1) is 18.0. The van der Waals surface area contributed by atoms with Crippen molar-refractivity contribution >= 4 is 17.5 Å². The van der Waals surface area contributed by atoms with Crippen molar-refractivity contribution in [3.63, 3.8) is 0 Å². The summed E-state index contributed by atoms with van der Waals surface area (Å²) in [7, 11) is 0. The maximum Gasteiger partial charge on any atom is 0.261 e. The van der Waals surface area contributed by atoms with E-state index in [1.165, 1.54) is 5.69 Å². The summed E-state index contributed by atoms with van der Waals surface area (Å²) in [5.41, 5.74) is 1.85. The number of benzene rings is 1. The van der Waals surface area contributed by atoms with E-state index in [1.807, 2.05) is 11.0 Å². The predicted molar refractivity (Wildman–Crippen MR) is 100 cm³/mol. The number of carbonyl (C=O) groups excluding carboxylic acids is 2. The van der Waals surface area contributed by atoms with E-state index in [-0.39, 0.29) is 24.5 Å². The second kappa shape index (κ2) is 8.08. The average Bonchev–Trinajstić information content (AvgIpc) is 3.14. The third-order valence-corrected chi connectivity index (χ3v) is 4.67. The summed E-state index contributed by atoms with van der Waals surface area (Å²) in [6.45, 7) is 5.38. The van der Waals surface area contributed by atoms with Crippen LogP contribution in [0, 0.1) is 0 Å².